The minimum Gasteiger partial charge on any atom is -0.423 e. The van der Waals surface area contributed by atoms with Crippen LogP contribution in [0.15, 0.2) is 66.8 Å². The van der Waals surface area contributed by atoms with Crippen LogP contribution in [-0.4, -0.2) is 5.97 Å². The Kier molecular flexibility index (Phi) is 5.93. The summed E-state index contributed by atoms with van der Waals surface area (Å²) < 4.78 is 5.41. The SMILES string of the molecule is C/C=C(\C=C/CC)c1ccc(OC(=O)c2ccc(C)cc2)cc1. The van der Waals surface area contributed by atoms with Crippen molar-refractivity contribution >= 4 is 11.5 Å². The first-order valence-electron chi connectivity index (χ1n) is 7.86. The van der Waals surface area contributed by atoms with Crippen molar-refractivity contribution in [3.05, 3.63) is 83.4 Å². The minimum absolute atomic E-state index is 0.338. The van der Waals surface area contributed by atoms with Crippen LogP contribution in [0.5, 0.6) is 5.75 Å². The van der Waals surface area contributed by atoms with Crippen molar-refractivity contribution in [2.24, 2.45) is 0 Å². The van der Waals surface area contributed by atoms with E-state index >= 15 is 0 Å². The number of allylic oxidation sites excluding steroid dienone is 4. The Morgan fingerprint density at radius 1 is 1.00 bits per heavy atom. The van der Waals surface area contributed by atoms with Gasteiger partial charge in [-0.2, -0.15) is 0 Å². The third-order valence-electron chi connectivity index (χ3n) is 3.53. The van der Waals surface area contributed by atoms with Crippen molar-refractivity contribution in [3.8, 4) is 5.75 Å². The first-order valence-corrected chi connectivity index (χ1v) is 7.86. The number of benzene rings is 2. The molecule has 2 nitrogen and oxygen atoms in total. The lowest BCUT2D eigenvalue weighted by atomic mass is 10.0. The van der Waals surface area contributed by atoms with Gasteiger partial charge in [0.2, 0.25) is 0 Å². The van der Waals surface area contributed by atoms with Crippen LogP contribution >= 0.6 is 0 Å². The maximum absolute atomic E-state index is 12.1. The molecule has 0 saturated carbocycles. The second-order valence-electron chi connectivity index (χ2n) is 5.33. The quantitative estimate of drug-likeness (QED) is 0.409. The van der Waals surface area contributed by atoms with Gasteiger partial charge in [0.05, 0.1) is 5.56 Å². The third-order valence-corrected chi connectivity index (χ3v) is 3.53. The summed E-state index contributed by atoms with van der Waals surface area (Å²) in [5.74, 6) is 0.212. The third kappa shape index (κ3) is 4.68. The summed E-state index contributed by atoms with van der Waals surface area (Å²) in [5.41, 5.74) is 3.93. The van der Waals surface area contributed by atoms with E-state index in [2.05, 4.69) is 25.2 Å². The highest BCUT2D eigenvalue weighted by Crippen LogP contribution is 2.21. The van der Waals surface area contributed by atoms with Crippen molar-refractivity contribution in [2.75, 3.05) is 0 Å². The van der Waals surface area contributed by atoms with E-state index in [4.69, 9.17) is 4.74 Å². The molecule has 0 unspecified atom stereocenters. The second kappa shape index (κ2) is 8.14. The monoisotopic (exact) mass is 306 g/mol. The van der Waals surface area contributed by atoms with Gasteiger partial charge < -0.3 is 4.74 Å². The zero-order valence-corrected chi connectivity index (χ0v) is 13.9. The lowest BCUT2D eigenvalue weighted by Gasteiger charge is -2.07. The number of hydrogen-bond donors (Lipinski definition) is 0. The topological polar surface area (TPSA) is 26.3 Å². The van der Waals surface area contributed by atoms with Crippen molar-refractivity contribution in [1.82, 2.24) is 0 Å². The predicted octanol–water partition coefficient (Wildman–Crippen LogP) is 5.58. The standard InChI is InChI=1S/C21H22O2/c1-4-6-7-17(5-2)18-12-14-20(15-13-18)23-21(22)19-10-8-16(3)9-11-19/h5-15H,4H2,1-3H3/b7-6-,17-5+. The van der Waals surface area contributed by atoms with E-state index in [9.17, 15) is 4.79 Å². The molecule has 0 heterocycles. The molecule has 0 bridgehead atoms. The normalized spacial score (nSPS) is 11.7. The molecule has 118 valence electrons. The molecule has 0 aliphatic carbocycles. The molecule has 0 radical (unpaired) electrons. The summed E-state index contributed by atoms with van der Waals surface area (Å²) in [6.07, 6.45) is 7.30. The Bertz CT molecular complexity index is 705. The minimum atomic E-state index is -0.338. The molecule has 0 spiro atoms. The van der Waals surface area contributed by atoms with Crippen molar-refractivity contribution in [2.45, 2.75) is 27.2 Å². The Labute approximate surface area is 138 Å². The number of carbonyl (C=O) groups excluding carboxylic acids is 1. The van der Waals surface area contributed by atoms with Crippen LogP contribution in [0, 0.1) is 6.92 Å². The summed E-state index contributed by atoms with van der Waals surface area (Å²) in [7, 11) is 0. The Morgan fingerprint density at radius 3 is 2.17 bits per heavy atom. The Hall–Kier alpha value is -2.61. The average Bonchev–Trinajstić information content (AvgIpc) is 2.57. The van der Waals surface area contributed by atoms with Crippen molar-refractivity contribution in [1.29, 1.82) is 0 Å². The van der Waals surface area contributed by atoms with Crippen molar-refractivity contribution in [3.63, 3.8) is 0 Å². The molecule has 0 aliphatic heterocycles. The van der Waals surface area contributed by atoms with E-state index in [1.807, 2.05) is 50.2 Å². The van der Waals surface area contributed by atoms with E-state index in [1.54, 1.807) is 12.1 Å². The molecule has 0 atom stereocenters. The van der Waals surface area contributed by atoms with Crippen LogP contribution < -0.4 is 4.74 Å². The number of esters is 1. The lowest BCUT2D eigenvalue weighted by Crippen LogP contribution is -2.08. The van der Waals surface area contributed by atoms with Gasteiger partial charge in [-0.1, -0.05) is 55.0 Å². The van der Waals surface area contributed by atoms with Crippen LogP contribution in [0.1, 0.15) is 41.8 Å². The van der Waals surface area contributed by atoms with Crippen molar-refractivity contribution < 1.29 is 9.53 Å². The van der Waals surface area contributed by atoms with Gasteiger partial charge in [-0.3, -0.25) is 0 Å². The highest BCUT2D eigenvalue weighted by atomic mass is 16.5. The van der Waals surface area contributed by atoms with E-state index in [0.29, 0.717) is 11.3 Å². The molecule has 0 N–H and O–H groups in total. The van der Waals surface area contributed by atoms with Gasteiger partial charge in [0.1, 0.15) is 5.75 Å². The Morgan fingerprint density at radius 2 is 1.61 bits per heavy atom. The number of ether oxygens (including phenoxy) is 1. The molecule has 0 fully saturated rings. The van der Waals surface area contributed by atoms with Gasteiger partial charge >= 0.3 is 5.97 Å². The fraction of sp³-hybridized carbons (Fsp3) is 0.190. The molecular formula is C21H22O2. The van der Waals surface area contributed by atoms with Gasteiger partial charge in [-0.25, -0.2) is 4.79 Å². The smallest absolute Gasteiger partial charge is 0.343 e. The number of carbonyl (C=O) groups is 1. The number of aryl methyl sites for hydroxylation is 1. The second-order valence-corrected chi connectivity index (χ2v) is 5.33. The molecule has 2 aromatic carbocycles. The molecule has 0 aliphatic rings. The number of hydrogen-bond acceptors (Lipinski definition) is 2. The van der Waals surface area contributed by atoms with Crippen LogP contribution in [0.2, 0.25) is 0 Å². The van der Waals surface area contributed by atoms with Gasteiger partial charge in [0.25, 0.3) is 0 Å². The van der Waals surface area contributed by atoms with E-state index < -0.39 is 0 Å². The zero-order chi connectivity index (χ0) is 16.7. The molecule has 2 aromatic rings. The molecule has 0 saturated heterocycles. The summed E-state index contributed by atoms with van der Waals surface area (Å²) >= 11 is 0. The van der Waals surface area contributed by atoms with E-state index in [0.717, 1.165) is 23.1 Å². The molecular weight excluding hydrogens is 284 g/mol. The zero-order valence-electron chi connectivity index (χ0n) is 13.9. The maximum Gasteiger partial charge on any atom is 0.343 e. The maximum atomic E-state index is 12.1. The van der Waals surface area contributed by atoms with Gasteiger partial charge in [-0.05, 0) is 55.7 Å². The molecule has 2 heteroatoms. The first-order chi connectivity index (χ1) is 11.1. The average molecular weight is 306 g/mol. The van der Waals surface area contributed by atoms with Crippen LogP contribution in [-0.2, 0) is 0 Å². The Balaban J connectivity index is 2.09. The van der Waals surface area contributed by atoms with Gasteiger partial charge in [0, 0.05) is 0 Å². The molecule has 23 heavy (non-hydrogen) atoms. The van der Waals surface area contributed by atoms with Gasteiger partial charge in [0.15, 0.2) is 0 Å². The first kappa shape index (κ1) is 16.8. The molecule has 0 amide bonds. The van der Waals surface area contributed by atoms with Gasteiger partial charge in [-0.15, -0.1) is 0 Å². The van der Waals surface area contributed by atoms with E-state index in [1.165, 1.54) is 0 Å². The fourth-order valence-corrected chi connectivity index (χ4v) is 2.17. The highest BCUT2D eigenvalue weighted by molar-refractivity contribution is 5.91. The van der Waals surface area contributed by atoms with Crippen LogP contribution in [0.3, 0.4) is 0 Å². The lowest BCUT2D eigenvalue weighted by molar-refractivity contribution is 0.0735. The predicted molar refractivity (Wildman–Crippen MR) is 95.7 cm³/mol. The number of rotatable bonds is 5. The summed E-state index contributed by atoms with van der Waals surface area (Å²) in [6, 6.07) is 14.9. The molecule has 0 aromatic heterocycles. The highest BCUT2D eigenvalue weighted by Gasteiger charge is 2.08. The fourth-order valence-electron chi connectivity index (χ4n) is 2.17. The summed E-state index contributed by atoms with van der Waals surface area (Å²) in [4.78, 5) is 12.1. The van der Waals surface area contributed by atoms with Crippen LogP contribution in [0.25, 0.3) is 5.57 Å². The van der Waals surface area contributed by atoms with Crippen LogP contribution in [0.4, 0.5) is 0 Å². The van der Waals surface area contributed by atoms with E-state index in [-0.39, 0.29) is 5.97 Å². The summed E-state index contributed by atoms with van der Waals surface area (Å²) in [5, 5.41) is 0. The molecule has 2 rings (SSSR count). The largest absolute Gasteiger partial charge is 0.423 e. The summed E-state index contributed by atoms with van der Waals surface area (Å²) in [6.45, 7) is 6.11.